The van der Waals surface area contributed by atoms with E-state index in [1.807, 2.05) is 0 Å². The predicted octanol–water partition coefficient (Wildman–Crippen LogP) is 1.51. The molecule has 1 aliphatic rings. The summed E-state index contributed by atoms with van der Waals surface area (Å²) in [5.74, 6) is -0.249. The molecule has 2 rings (SSSR count). The Hall–Kier alpha value is -1.95. The summed E-state index contributed by atoms with van der Waals surface area (Å²) < 4.78 is 5.84. The molecule has 1 saturated carbocycles. The molecule has 3 N–H and O–H groups in total. The molecule has 6 nitrogen and oxygen atoms in total. The second-order valence-electron chi connectivity index (χ2n) is 5.72. The Labute approximate surface area is 130 Å². The number of hydrogen-bond acceptors (Lipinski definition) is 4. The van der Waals surface area contributed by atoms with E-state index in [0.29, 0.717) is 30.7 Å². The largest absolute Gasteiger partial charge is 0.376 e. The van der Waals surface area contributed by atoms with Gasteiger partial charge in [-0.3, -0.25) is 14.6 Å². The van der Waals surface area contributed by atoms with Crippen LogP contribution in [-0.2, 0) is 4.74 Å². The quantitative estimate of drug-likeness (QED) is 0.779. The summed E-state index contributed by atoms with van der Waals surface area (Å²) in [5, 5.41) is 2.78. The van der Waals surface area contributed by atoms with Gasteiger partial charge in [-0.15, -0.1) is 0 Å². The van der Waals surface area contributed by atoms with Crippen LogP contribution in [0.5, 0.6) is 0 Å². The molecule has 22 heavy (non-hydrogen) atoms. The van der Waals surface area contributed by atoms with Gasteiger partial charge in [0.25, 0.3) is 11.8 Å². The average molecular weight is 305 g/mol. The molecule has 2 unspecified atom stereocenters. The summed E-state index contributed by atoms with van der Waals surface area (Å²) in [5.41, 5.74) is 5.65. The van der Waals surface area contributed by atoms with Crippen molar-refractivity contribution in [1.82, 2.24) is 10.3 Å². The van der Waals surface area contributed by atoms with Gasteiger partial charge in [0.15, 0.2) is 0 Å². The smallest absolute Gasteiger partial charge is 0.267 e. The van der Waals surface area contributed by atoms with Crippen molar-refractivity contribution in [2.24, 2.45) is 11.7 Å². The number of carbonyl (C=O) groups is 2. The summed E-state index contributed by atoms with van der Waals surface area (Å²) >= 11 is 0. The van der Waals surface area contributed by atoms with Gasteiger partial charge in [0.2, 0.25) is 0 Å². The van der Waals surface area contributed by atoms with Crippen molar-refractivity contribution in [3.8, 4) is 0 Å². The SMILES string of the molecule is CC1CCCCC1OCCNC(=O)c1ccc(C(N)=O)nc1. The van der Waals surface area contributed by atoms with Gasteiger partial charge in [-0.05, 0) is 30.9 Å². The number of nitrogens with zero attached hydrogens (tertiary/aromatic N) is 1. The van der Waals surface area contributed by atoms with Crippen LogP contribution in [0.2, 0.25) is 0 Å². The zero-order valence-corrected chi connectivity index (χ0v) is 12.9. The maximum absolute atomic E-state index is 11.9. The van der Waals surface area contributed by atoms with Gasteiger partial charge >= 0.3 is 0 Å². The van der Waals surface area contributed by atoms with Crippen molar-refractivity contribution in [3.05, 3.63) is 29.6 Å². The standard InChI is InChI=1S/C16H23N3O3/c1-11-4-2-3-5-14(11)22-9-8-18-16(21)12-6-7-13(15(17)20)19-10-12/h6-7,10-11,14H,2-5,8-9H2,1H3,(H2,17,20)(H,18,21). The van der Waals surface area contributed by atoms with E-state index in [1.165, 1.54) is 37.6 Å². The number of amides is 2. The van der Waals surface area contributed by atoms with Gasteiger partial charge < -0.3 is 15.8 Å². The van der Waals surface area contributed by atoms with Gasteiger partial charge in [-0.25, -0.2) is 0 Å². The first-order valence-corrected chi connectivity index (χ1v) is 7.73. The second-order valence-corrected chi connectivity index (χ2v) is 5.72. The maximum atomic E-state index is 11.9. The lowest BCUT2D eigenvalue weighted by Crippen LogP contribution is -2.31. The van der Waals surface area contributed by atoms with Gasteiger partial charge in [0, 0.05) is 12.7 Å². The Balaban J connectivity index is 1.72. The molecule has 2 atom stereocenters. The lowest BCUT2D eigenvalue weighted by molar-refractivity contribution is -0.00294. The summed E-state index contributed by atoms with van der Waals surface area (Å²) in [7, 11) is 0. The van der Waals surface area contributed by atoms with E-state index in [9.17, 15) is 9.59 Å². The highest BCUT2D eigenvalue weighted by Gasteiger charge is 2.21. The van der Waals surface area contributed by atoms with Crippen molar-refractivity contribution in [2.75, 3.05) is 13.2 Å². The van der Waals surface area contributed by atoms with Crippen LogP contribution < -0.4 is 11.1 Å². The van der Waals surface area contributed by atoms with Crippen LogP contribution in [0, 0.1) is 5.92 Å². The van der Waals surface area contributed by atoms with Crippen molar-refractivity contribution in [1.29, 1.82) is 0 Å². The third-order valence-corrected chi connectivity index (χ3v) is 4.03. The number of rotatable bonds is 6. The summed E-state index contributed by atoms with van der Waals surface area (Å²) in [6, 6.07) is 2.98. The molecule has 0 saturated heterocycles. The molecule has 0 bridgehead atoms. The molecule has 6 heteroatoms. The Morgan fingerprint density at radius 2 is 2.14 bits per heavy atom. The highest BCUT2D eigenvalue weighted by Crippen LogP contribution is 2.25. The van der Waals surface area contributed by atoms with Gasteiger partial charge in [0.1, 0.15) is 5.69 Å². The molecule has 0 aliphatic heterocycles. The third-order valence-electron chi connectivity index (χ3n) is 4.03. The first-order valence-electron chi connectivity index (χ1n) is 7.73. The maximum Gasteiger partial charge on any atom is 0.267 e. The third kappa shape index (κ3) is 4.53. The normalized spacial score (nSPS) is 21.3. The highest BCUT2D eigenvalue weighted by molar-refractivity contribution is 5.95. The van der Waals surface area contributed by atoms with Crippen LogP contribution in [0.1, 0.15) is 53.5 Å². The number of ether oxygens (including phenoxy) is 1. The lowest BCUT2D eigenvalue weighted by Gasteiger charge is -2.28. The van der Waals surface area contributed by atoms with Crippen molar-refractivity contribution >= 4 is 11.8 Å². The lowest BCUT2D eigenvalue weighted by atomic mass is 9.88. The van der Waals surface area contributed by atoms with Gasteiger partial charge in [0.05, 0.1) is 18.3 Å². The fourth-order valence-electron chi connectivity index (χ4n) is 2.68. The summed E-state index contributed by atoms with van der Waals surface area (Å²) in [6.07, 6.45) is 6.48. The van der Waals surface area contributed by atoms with Crippen LogP contribution in [0.25, 0.3) is 0 Å². The van der Waals surface area contributed by atoms with Crippen LogP contribution in [0.3, 0.4) is 0 Å². The molecule has 1 aromatic rings. The molecule has 1 aliphatic carbocycles. The second kappa shape index (κ2) is 7.89. The molecule has 0 aromatic carbocycles. The van der Waals surface area contributed by atoms with E-state index in [-0.39, 0.29) is 11.6 Å². The zero-order valence-electron chi connectivity index (χ0n) is 12.9. The highest BCUT2D eigenvalue weighted by atomic mass is 16.5. The number of hydrogen-bond donors (Lipinski definition) is 2. The Bertz CT molecular complexity index is 516. The minimum atomic E-state index is -0.609. The van der Waals surface area contributed by atoms with Crippen LogP contribution in [-0.4, -0.2) is 36.1 Å². The van der Waals surface area contributed by atoms with Crippen molar-refractivity contribution < 1.29 is 14.3 Å². The van der Waals surface area contributed by atoms with Crippen molar-refractivity contribution in [3.63, 3.8) is 0 Å². The molecular weight excluding hydrogens is 282 g/mol. The molecule has 0 radical (unpaired) electrons. The number of pyridine rings is 1. The molecule has 120 valence electrons. The zero-order chi connectivity index (χ0) is 15.9. The van der Waals surface area contributed by atoms with Crippen LogP contribution in [0.4, 0.5) is 0 Å². The minimum Gasteiger partial charge on any atom is -0.376 e. The Kier molecular flexibility index (Phi) is 5.89. The van der Waals surface area contributed by atoms with Crippen LogP contribution in [0.15, 0.2) is 18.3 Å². The first-order chi connectivity index (χ1) is 10.6. The van der Waals surface area contributed by atoms with E-state index in [4.69, 9.17) is 10.5 Å². The Morgan fingerprint density at radius 3 is 2.77 bits per heavy atom. The number of carbonyl (C=O) groups excluding carboxylic acids is 2. The fraction of sp³-hybridized carbons (Fsp3) is 0.562. The first kappa shape index (κ1) is 16.4. The number of primary amides is 1. The summed E-state index contributed by atoms with van der Waals surface area (Å²) in [6.45, 7) is 3.18. The minimum absolute atomic E-state index is 0.145. The monoisotopic (exact) mass is 305 g/mol. The molecule has 0 spiro atoms. The number of aromatic nitrogens is 1. The van der Waals surface area contributed by atoms with Gasteiger partial charge in [-0.1, -0.05) is 19.8 Å². The fourth-order valence-corrected chi connectivity index (χ4v) is 2.68. The molecule has 1 aromatic heterocycles. The number of nitrogens with two attached hydrogens (primary N) is 1. The van der Waals surface area contributed by atoms with Crippen molar-refractivity contribution in [2.45, 2.75) is 38.7 Å². The predicted molar refractivity (Wildman–Crippen MR) is 82.5 cm³/mol. The average Bonchev–Trinajstić information content (AvgIpc) is 2.53. The van der Waals surface area contributed by atoms with Crippen LogP contribution >= 0.6 is 0 Å². The topological polar surface area (TPSA) is 94.3 Å². The van der Waals surface area contributed by atoms with E-state index < -0.39 is 5.91 Å². The van der Waals surface area contributed by atoms with E-state index in [2.05, 4.69) is 17.2 Å². The molecule has 2 amide bonds. The van der Waals surface area contributed by atoms with E-state index in [0.717, 1.165) is 6.42 Å². The summed E-state index contributed by atoms with van der Waals surface area (Å²) in [4.78, 5) is 26.7. The van der Waals surface area contributed by atoms with E-state index >= 15 is 0 Å². The Morgan fingerprint density at radius 1 is 1.36 bits per heavy atom. The van der Waals surface area contributed by atoms with Gasteiger partial charge in [-0.2, -0.15) is 0 Å². The molecule has 1 fully saturated rings. The molecule has 1 heterocycles. The van der Waals surface area contributed by atoms with E-state index in [1.54, 1.807) is 0 Å². The molecular formula is C16H23N3O3. The number of nitrogens with one attached hydrogen (secondary N) is 1.